The topological polar surface area (TPSA) is 63.9 Å². The Balaban J connectivity index is 1.04. The predicted molar refractivity (Wildman–Crippen MR) is 112 cm³/mol. The Bertz CT molecular complexity index is 968. The van der Waals surface area contributed by atoms with Crippen LogP contribution in [0.5, 0.6) is 11.5 Å². The Hall–Kier alpha value is -2.90. The third-order valence-corrected chi connectivity index (χ3v) is 5.67. The van der Waals surface area contributed by atoms with Crippen LogP contribution in [0.2, 0.25) is 0 Å². The highest BCUT2D eigenvalue weighted by Gasteiger charge is 2.19. The highest BCUT2D eigenvalue weighted by atomic mass is 16.7. The van der Waals surface area contributed by atoms with Gasteiger partial charge in [-0.05, 0) is 30.7 Å². The van der Waals surface area contributed by atoms with Gasteiger partial charge in [0.25, 0.3) is 0 Å². The number of hydrogen-bond donors (Lipinski definition) is 0. The third kappa shape index (κ3) is 4.47. The van der Waals surface area contributed by atoms with Crippen LogP contribution < -0.4 is 9.47 Å². The van der Waals surface area contributed by atoms with Crippen LogP contribution in [0.3, 0.4) is 0 Å². The normalized spacial score (nSPS) is 16.8. The summed E-state index contributed by atoms with van der Waals surface area (Å²) in [5.74, 6) is 3.10. The lowest BCUT2D eigenvalue weighted by Crippen LogP contribution is -2.46. The summed E-state index contributed by atoms with van der Waals surface area (Å²) in [4.78, 5) is 9.54. The van der Waals surface area contributed by atoms with Gasteiger partial charge in [-0.25, -0.2) is 0 Å². The molecular weight excluding hydrogens is 380 g/mol. The van der Waals surface area contributed by atoms with Gasteiger partial charge in [-0.15, -0.1) is 0 Å². The molecule has 0 aliphatic carbocycles. The summed E-state index contributed by atoms with van der Waals surface area (Å²) in [6.07, 6.45) is 1.84. The molecule has 0 unspecified atom stereocenters. The molecular formula is C23H26N4O3. The van der Waals surface area contributed by atoms with Gasteiger partial charge in [0.15, 0.2) is 11.5 Å². The molecule has 2 aromatic carbocycles. The van der Waals surface area contributed by atoms with Crippen LogP contribution in [0.4, 0.5) is 0 Å². The SMILES string of the molecule is c1ccc(-c2noc(CCCN3CCN(Cc4ccc5c(c4)OCO5)CC3)n2)cc1. The Morgan fingerprint density at radius 2 is 1.67 bits per heavy atom. The number of benzene rings is 2. The molecule has 0 atom stereocenters. The molecule has 7 heteroatoms. The maximum absolute atomic E-state index is 5.49. The van der Waals surface area contributed by atoms with Gasteiger partial charge in [0.05, 0.1) is 0 Å². The molecule has 5 rings (SSSR count). The van der Waals surface area contributed by atoms with Gasteiger partial charge in [-0.1, -0.05) is 41.6 Å². The van der Waals surface area contributed by atoms with E-state index in [1.807, 2.05) is 36.4 Å². The van der Waals surface area contributed by atoms with E-state index < -0.39 is 0 Å². The largest absolute Gasteiger partial charge is 0.454 e. The van der Waals surface area contributed by atoms with E-state index in [0.717, 1.165) is 75.1 Å². The molecule has 0 N–H and O–H groups in total. The van der Waals surface area contributed by atoms with Gasteiger partial charge in [0, 0.05) is 44.7 Å². The first-order valence-corrected chi connectivity index (χ1v) is 10.5. The minimum Gasteiger partial charge on any atom is -0.454 e. The molecule has 7 nitrogen and oxygen atoms in total. The smallest absolute Gasteiger partial charge is 0.231 e. The van der Waals surface area contributed by atoms with Crippen LogP contribution in [0.25, 0.3) is 11.4 Å². The lowest BCUT2D eigenvalue weighted by molar-refractivity contribution is 0.125. The van der Waals surface area contributed by atoms with E-state index >= 15 is 0 Å². The van der Waals surface area contributed by atoms with E-state index in [2.05, 4.69) is 32.1 Å². The summed E-state index contributed by atoms with van der Waals surface area (Å²) in [6, 6.07) is 16.2. The van der Waals surface area contributed by atoms with Crippen molar-refractivity contribution in [2.24, 2.45) is 0 Å². The van der Waals surface area contributed by atoms with Crippen molar-refractivity contribution in [3.8, 4) is 22.9 Å². The molecule has 2 aliphatic rings. The second-order valence-electron chi connectivity index (χ2n) is 7.79. The van der Waals surface area contributed by atoms with Crippen LogP contribution in [-0.4, -0.2) is 59.5 Å². The molecule has 1 fully saturated rings. The number of aromatic nitrogens is 2. The number of hydrogen-bond acceptors (Lipinski definition) is 7. The molecule has 1 aromatic heterocycles. The Morgan fingerprint density at radius 1 is 0.867 bits per heavy atom. The Morgan fingerprint density at radius 3 is 2.53 bits per heavy atom. The van der Waals surface area contributed by atoms with Gasteiger partial charge in [-0.2, -0.15) is 4.98 Å². The summed E-state index contributed by atoms with van der Waals surface area (Å²) in [7, 11) is 0. The van der Waals surface area contributed by atoms with Crippen LogP contribution in [0.15, 0.2) is 53.1 Å². The van der Waals surface area contributed by atoms with Crippen molar-refractivity contribution in [3.63, 3.8) is 0 Å². The second-order valence-corrected chi connectivity index (χ2v) is 7.79. The fourth-order valence-corrected chi connectivity index (χ4v) is 3.98. The Labute approximate surface area is 176 Å². The highest BCUT2D eigenvalue weighted by Crippen LogP contribution is 2.32. The number of aryl methyl sites for hydroxylation is 1. The molecule has 0 bridgehead atoms. The summed E-state index contributed by atoms with van der Waals surface area (Å²) in [5.41, 5.74) is 2.27. The van der Waals surface area contributed by atoms with Gasteiger partial charge in [0.2, 0.25) is 18.5 Å². The van der Waals surface area contributed by atoms with Crippen molar-refractivity contribution >= 4 is 0 Å². The van der Waals surface area contributed by atoms with Gasteiger partial charge in [-0.3, -0.25) is 4.90 Å². The minimum absolute atomic E-state index is 0.328. The van der Waals surface area contributed by atoms with Crippen LogP contribution >= 0.6 is 0 Å². The van der Waals surface area contributed by atoms with Gasteiger partial charge in [0.1, 0.15) is 0 Å². The molecule has 0 spiro atoms. The summed E-state index contributed by atoms with van der Waals surface area (Å²) in [6.45, 7) is 6.66. The third-order valence-electron chi connectivity index (χ3n) is 5.67. The van der Waals surface area contributed by atoms with Crippen molar-refractivity contribution in [1.82, 2.24) is 19.9 Å². The highest BCUT2D eigenvalue weighted by molar-refractivity contribution is 5.53. The van der Waals surface area contributed by atoms with Gasteiger partial charge < -0.3 is 18.9 Å². The van der Waals surface area contributed by atoms with Crippen molar-refractivity contribution in [2.75, 3.05) is 39.5 Å². The minimum atomic E-state index is 0.328. The molecule has 0 amide bonds. The fraction of sp³-hybridized carbons (Fsp3) is 0.391. The quantitative estimate of drug-likeness (QED) is 0.597. The lowest BCUT2D eigenvalue weighted by atomic mass is 10.1. The maximum atomic E-state index is 5.49. The van der Waals surface area contributed by atoms with Crippen LogP contribution in [0, 0.1) is 0 Å². The zero-order valence-electron chi connectivity index (χ0n) is 17.0. The van der Waals surface area contributed by atoms with E-state index in [9.17, 15) is 0 Å². The molecule has 0 saturated carbocycles. The summed E-state index contributed by atoms with van der Waals surface area (Å²) < 4.78 is 16.3. The molecule has 30 heavy (non-hydrogen) atoms. The maximum Gasteiger partial charge on any atom is 0.231 e. The van der Waals surface area contributed by atoms with E-state index in [-0.39, 0.29) is 0 Å². The number of rotatable bonds is 7. The van der Waals surface area contributed by atoms with E-state index in [1.165, 1.54) is 5.56 Å². The van der Waals surface area contributed by atoms with E-state index in [0.29, 0.717) is 12.6 Å². The molecule has 1 saturated heterocycles. The van der Waals surface area contributed by atoms with E-state index in [4.69, 9.17) is 14.0 Å². The molecule has 0 radical (unpaired) electrons. The number of nitrogens with zero attached hydrogens (tertiary/aromatic N) is 4. The van der Waals surface area contributed by atoms with Crippen molar-refractivity contribution in [2.45, 2.75) is 19.4 Å². The molecule has 2 aliphatic heterocycles. The Kier molecular flexibility index (Phi) is 5.63. The van der Waals surface area contributed by atoms with E-state index in [1.54, 1.807) is 0 Å². The average Bonchev–Trinajstić information content (AvgIpc) is 3.45. The summed E-state index contributed by atoms with van der Waals surface area (Å²) >= 11 is 0. The second kappa shape index (κ2) is 8.85. The molecule has 3 heterocycles. The first kappa shape index (κ1) is 19.1. The van der Waals surface area contributed by atoms with Crippen molar-refractivity contribution in [1.29, 1.82) is 0 Å². The van der Waals surface area contributed by atoms with Crippen molar-refractivity contribution < 1.29 is 14.0 Å². The van der Waals surface area contributed by atoms with Crippen LogP contribution in [0.1, 0.15) is 17.9 Å². The fourth-order valence-electron chi connectivity index (χ4n) is 3.98. The molecule has 156 valence electrons. The average molecular weight is 406 g/mol. The first-order valence-electron chi connectivity index (χ1n) is 10.5. The monoisotopic (exact) mass is 406 g/mol. The number of fused-ring (bicyclic) bond motifs is 1. The van der Waals surface area contributed by atoms with Gasteiger partial charge >= 0.3 is 0 Å². The first-order chi connectivity index (χ1) is 14.8. The predicted octanol–water partition coefficient (Wildman–Crippen LogP) is 3.22. The number of ether oxygens (including phenoxy) is 2. The summed E-state index contributed by atoms with van der Waals surface area (Å²) in [5, 5.41) is 4.10. The molecule has 3 aromatic rings. The zero-order valence-corrected chi connectivity index (χ0v) is 17.0. The zero-order chi connectivity index (χ0) is 20.2. The van der Waals surface area contributed by atoms with Crippen LogP contribution in [-0.2, 0) is 13.0 Å². The lowest BCUT2D eigenvalue weighted by Gasteiger charge is -2.34. The number of piperazine rings is 1. The van der Waals surface area contributed by atoms with Crippen molar-refractivity contribution in [3.05, 3.63) is 60.0 Å². The standard InChI is InChI=1S/C23H26N4O3/c1-2-5-19(6-3-1)23-24-22(30-25-23)7-4-10-26-11-13-27(14-12-26)16-18-8-9-20-21(15-18)29-17-28-20/h1-3,5-6,8-9,15H,4,7,10-14,16-17H2.